The molecule has 0 saturated heterocycles. The summed E-state index contributed by atoms with van der Waals surface area (Å²) in [5, 5.41) is 0. The van der Waals surface area contributed by atoms with Gasteiger partial charge in [-0.1, -0.05) is 220 Å². The third kappa shape index (κ3) is 15.7. The van der Waals surface area contributed by atoms with Crippen molar-refractivity contribution >= 4 is 41.6 Å². The summed E-state index contributed by atoms with van der Waals surface area (Å²) in [4.78, 5) is 42.4. The van der Waals surface area contributed by atoms with Crippen LogP contribution in [-0.4, -0.2) is 44.9 Å². The Labute approximate surface area is 542 Å². The average Bonchev–Trinajstić information content (AvgIpc) is 3.19. The van der Waals surface area contributed by atoms with Crippen LogP contribution in [0.25, 0.3) is 124 Å². The molecule has 0 atom stereocenters. The Morgan fingerprint density at radius 2 is 0.500 bits per heavy atom. The summed E-state index contributed by atoms with van der Waals surface area (Å²) in [5.41, 5.74) is 16.1. The maximum absolute atomic E-state index is 5.04. The second-order valence-electron chi connectivity index (χ2n) is 19.6. The van der Waals surface area contributed by atoms with Crippen LogP contribution >= 0.6 is 41.6 Å². The van der Waals surface area contributed by atoms with Crippen molar-refractivity contribution in [1.29, 1.82) is 0 Å². The van der Waals surface area contributed by atoms with E-state index in [1.165, 1.54) is 0 Å². The second-order valence-corrected chi connectivity index (χ2v) is 21.5. The van der Waals surface area contributed by atoms with Crippen LogP contribution in [0.5, 0.6) is 0 Å². The van der Waals surface area contributed by atoms with E-state index < -0.39 is 0 Å². The summed E-state index contributed by atoms with van der Waals surface area (Å²) in [7, 11) is 4.76. The fourth-order valence-electron chi connectivity index (χ4n) is 9.47. The summed E-state index contributed by atoms with van der Waals surface area (Å²) < 4.78 is 1.93. The predicted octanol–water partition coefficient (Wildman–Crippen LogP) is 20.0. The summed E-state index contributed by atoms with van der Waals surface area (Å²) in [6.07, 6.45) is 5.44. The van der Waals surface area contributed by atoms with Crippen molar-refractivity contribution in [2.45, 2.75) is 0 Å². The maximum Gasteiger partial charge on any atom is 0.164 e. The minimum atomic E-state index is 0.612. The normalized spacial score (nSPS) is 10.5. The maximum atomic E-state index is 5.04. The Kier molecular flexibility index (Phi) is 20.5. The van der Waals surface area contributed by atoms with Crippen molar-refractivity contribution in [2.75, 3.05) is 0 Å². The third-order valence-electron chi connectivity index (χ3n) is 13.7. The van der Waals surface area contributed by atoms with Gasteiger partial charge >= 0.3 is 27.0 Å². The van der Waals surface area contributed by atoms with Crippen molar-refractivity contribution in [1.82, 2.24) is 44.9 Å². The van der Waals surface area contributed by atoms with Crippen molar-refractivity contribution < 1.29 is 17.3 Å². The van der Waals surface area contributed by atoms with Gasteiger partial charge in [0.1, 0.15) is 0 Å². The Morgan fingerprint density at radius 3 is 0.807 bits per heavy atom. The van der Waals surface area contributed by atoms with E-state index in [-0.39, 0.29) is 0 Å². The van der Waals surface area contributed by atoms with Gasteiger partial charge in [-0.05, 0) is 95.1 Å². The quantitative estimate of drug-likeness (QED) is 0.0922. The molecular weight excluding hydrogens is 1290 g/mol. The van der Waals surface area contributed by atoms with Gasteiger partial charge in [0.05, 0.1) is 11.4 Å². The van der Waals surface area contributed by atoms with Crippen LogP contribution in [0, 0.1) is 6.07 Å². The zero-order chi connectivity index (χ0) is 60.3. The zero-order valence-electron chi connectivity index (χ0n) is 47.2. The molecular formula is C75H50Br2ClN9Zn. The van der Waals surface area contributed by atoms with Gasteiger partial charge in [0.25, 0.3) is 0 Å². The van der Waals surface area contributed by atoms with Crippen LogP contribution in [0.4, 0.5) is 0 Å². The minimum absolute atomic E-state index is 0.612. The molecule has 0 amide bonds. The fourth-order valence-corrected chi connectivity index (χ4v) is 10.8. The van der Waals surface area contributed by atoms with Crippen LogP contribution in [-0.2, 0) is 17.3 Å². The van der Waals surface area contributed by atoms with Gasteiger partial charge in [-0.2, -0.15) is 30.3 Å². The zero-order valence-corrected chi connectivity index (χ0v) is 54.1. The number of rotatable bonds is 11. The van der Waals surface area contributed by atoms with Crippen LogP contribution in [0.3, 0.4) is 0 Å². The van der Waals surface area contributed by atoms with Gasteiger partial charge in [0.15, 0.2) is 34.9 Å². The first kappa shape index (κ1) is 60.0. The first-order valence-electron chi connectivity index (χ1n) is 28.0. The standard InChI is InChI=1S/C43H29N5.C21H13Br2N3.C11H8N.ClH.Zn/c1-3-11-34(12-4-1)41-46-42(35-13-5-2-6-14-35)48-43(47-41)38-28-36(30-17-21-32(22-18-30)39-15-7-9-25-44-39)27-37(29-38)31-19-23-33(24-20-31)40-16-8-10-26-45-40;22-17-11-16(12-18(23)13-17)21-25-19(14-7-3-1-4-8-14)24-20(26-21)15-9-5-2-6-10-15;1-2-6-10(7-3-1)11-8-4-5-9-12-11;;/h1-29H;1-13H;2-9H;1H;/q;;-1;;+2/p-1. The summed E-state index contributed by atoms with van der Waals surface area (Å²) >= 11 is 7.92. The largest absolute Gasteiger partial charge is 0.258 e. The van der Waals surface area contributed by atoms with Gasteiger partial charge in [0.2, 0.25) is 0 Å². The van der Waals surface area contributed by atoms with E-state index in [1.54, 1.807) is 6.20 Å². The first-order chi connectivity index (χ1) is 43.4. The van der Waals surface area contributed by atoms with Gasteiger partial charge < -0.3 is 0 Å². The predicted molar refractivity (Wildman–Crippen MR) is 359 cm³/mol. The third-order valence-corrected chi connectivity index (χ3v) is 14.7. The number of pyridine rings is 3. The SMILES string of the molecule is Brc1cc(Br)cc(-c2nc(-c3ccccc3)nc(-c3ccccc3)n2)c1.[Cl][Zn+].[c-]1ccc(-c2ccccn2)cc1.c1ccc(-c2nc(-c3ccccc3)nc(-c3cc(-c4ccc(-c5ccccn5)cc4)cc(-c4ccc(-c5ccccn5)cc4)c3)n2)cc1. The molecule has 9 aromatic carbocycles. The van der Waals surface area contributed by atoms with Crippen molar-refractivity contribution in [2.24, 2.45) is 0 Å². The number of benzene rings is 9. The molecule has 0 aliphatic heterocycles. The van der Waals surface area contributed by atoms with Crippen molar-refractivity contribution in [3.63, 3.8) is 0 Å². The molecule has 14 aromatic rings. The van der Waals surface area contributed by atoms with Crippen LogP contribution in [0.1, 0.15) is 0 Å². The van der Waals surface area contributed by atoms with Crippen LogP contribution in [0.2, 0.25) is 0 Å². The van der Waals surface area contributed by atoms with Crippen molar-refractivity contribution in [3.8, 4) is 124 Å². The van der Waals surface area contributed by atoms with Gasteiger partial charge in [-0.15, -0.1) is 5.56 Å². The van der Waals surface area contributed by atoms with E-state index in [2.05, 4.69) is 120 Å². The monoisotopic (exact) mass is 1330 g/mol. The number of hydrogen-bond donors (Lipinski definition) is 0. The molecule has 0 spiro atoms. The molecule has 418 valence electrons. The molecule has 9 nitrogen and oxygen atoms in total. The number of nitrogens with zero attached hydrogens (tertiary/aromatic N) is 9. The molecule has 5 aromatic heterocycles. The second kappa shape index (κ2) is 30.1. The molecule has 88 heavy (non-hydrogen) atoms. The molecule has 0 bridgehead atoms. The molecule has 0 aliphatic carbocycles. The fraction of sp³-hybridized carbons (Fsp3) is 0. The van der Waals surface area contributed by atoms with Crippen molar-refractivity contribution in [3.05, 3.63) is 319 Å². The van der Waals surface area contributed by atoms with Gasteiger partial charge in [0, 0.05) is 77.7 Å². The van der Waals surface area contributed by atoms with E-state index in [0.717, 1.165) is 116 Å². The molecule has 0 fully saturated rings. The Bertz CT molecular complexity index is 4220. The topological polar surface area (TPSA) is 116 Å². The van der Waals surface area contributed by atoms with Crippen LogP contribution in [0.15, 0.2) is 313 Å². The molecule has 0 aliphatic rings. The van der Waals surface area contributed by atoms with Gasteiger partial charge in [-0.3, -0.25) is 15.0 Å². The van der Waals surface area contributed by atoms with Gasteiger partial charge in [-0.25, -0.2) is 29.9 Å². The number of hydrogen-bond acceptors (Lipinski definition) is 9. The number of halogens is 3. The van der Waals surface area contributed by atoms with E-state index in [1.807, 2.05) is 231 Å². The molecule has 5 heterocycles. The molecule has 0 saturated carbocycles. The Balaban J connectivity index is 0.000000165. The summed E-state index contributed by atoms with van der Waals surface area (Å²) in [6.45, 7) is 0. The molecule has 14 rings (SSSR count). The van der Waals surface area contributed by atoms with Crippen LogP contribution < -0.4 is 0 Å². The first-order valence-corrected chi connectivity index (χ1v) is 33.4. The Morgan fingerprint density at radius 1 is 0.239 bits per heavy atom. The minimum Gasteiger partial charge on any atom is -0.258 e. The molecule has 0 radical (unpaired) electrons. The molecule has 0 N–H and O–H groups in total. The van der Waals surface area contributed by atoms with E-state index in [9.17, 15) is 0 Å². The van der Waals surface area contributed by atoms with E-state index >= 15 is 0 Å². The molecule has 13 heteroatoms. The van der Waals surface area contributed by atoms with E-state index in [4.69, 9.17) is 39.6 Å². The molecule has 0 unspecified atom stereocenters. The average molecular weight is 1340 g/mol. The smallest absolute Gasteiger partial charge is 0.164 e. The Hall–Kier alpha value is -9.68. The number of aromatic nitrogens is 9. The summed E-state index contributed by atoms with van der Waals surface area (Å²) in [6, 6.07) is 98.3. The van der Waals surface area contributed by atoms with E-state index in [0.29, 0.717) is 34.9 Å². The summed E-state index contributed by atoms with van der Waals surface area (Å²) in [5.74, 6) is 3.83.